The molecule has 1 unspecified atom stereocenters. The van der Waals surface area contributed by atoms with Crippen LogP contribution in [-0.2, 0) is 9.47 Å². The second kappa shape index (κ2) is 3.50. The highest BCUT2D eigenvalue weighted by molar-refractivity contribution is 4.82. The van der Waals surface area contributed by atoms with Crippen molar-refractivity contribution in [2.45, 2.75) is 38.8 Å². The number of hydrogen-bond acceptors (Lipinski definition) is 2. The van der Waals surface area contributed by atoms with E-state index in [4.69, 9.17) is 9.47 Å². The van der Waals surface area contributed by atoms with E-state index < -0.39 is 12.5 Å². The van der Waals surface area contributed by atoms with Crippen molar-refractivity contribution in [1.82, 2.24) is 0 Å². The van der Waals surface area contributed by atoms with Gasteiger partial charge in [0.1, 0.15) is 0 Å². The predicted molar refractivity (Wildman–Crippen MR) is 40.0 cm³/mol. The first-order valence-corrected chi connectivity index (χ1v) is 4.03. The van der Waals surface area contributed by atoms with Gasteiger partial charge in [-0.15, -0.1) is 0 Å². The van der Waals surface area contributed by atoms with Crippen molar-refractivity contribution in [3.63, 3.8) is 0 Å². The third-order valence-corrected chi connectivity index (χ3v) is 2.29. The molecule has 0 aromatic rings. The average molecular weight is 162 g/mol. The summed E-state index contributed by atoms with van der Waals surface area (Å²) in [4.78, 5) is 0. The maximum atomic E-state index is 13.2. The highest BCUT2D eigenvalue weighted by Crippen LogP contribution is 2.31. The Kier molecular flexibility index (Phi) is 2.84. The van der Waals surface area contributed by atoms with Gasteiger partial charge < -0.3 is 9.47 Å². The van der Waals surface area contributed by atoms with Gasteiger partial charge in [0.15, 0.2) is 12.5 Å². The van der Waals surface area contributed by atoms with Crippen LogP contribution in [0.25, 0.3) is 0 Å². The molecule has 0 aromatic carbocycles. The van der Waals surface area contributed by atoms with Crippen LogP contribution >= 0.6 is 0 Å². The largest absolute Gasteiger partial charge is 0.353 e. The SMILES string of the molecule is CC[C@@H]1OC(OC)[C@@H](F)[C@@H]1C. The standard InChI is InChI=1S/C8H15FO2/c1-4-6-5(2)7(9)8(10-3)11-6/h5-8H,4H2,1-3H3/t5-,6+,7+,8?/m1/s1. The summed E-state index contributed by atoms with van der Waals surface area (Å²) in [5.74, 6) is -0.0371. The Balaban J connectivity index is 2.53. The van der Waals surface area contributed by atoms with E-state index in [0.29, 0.717) is 0 Å². The number of rotatable bonds is 2. The van der Waals surface area contributed by atoms with Crippen molar-refractivity contribution in [2.75, 3.05) is 7.11 Å². The minimum absolute atomic E-state index is 0.0231. The smallest absolute Gasteiger partial charge is 0.189 e. The first-order valence-electron chi connectivity index (χ1n) is 4.03. The van der Waals surface area contributed by atoms with Gasteiger partial charge in [-0.05, 0) is 6.42 Å². The Bertz CT molecular complexity index is 111. The fourth-order valence-corrected chi connectivity index (χ4v) is 1.48. The number of hydrogen-bond donors (Lipinski definition) is 0. The van der Waals surface area contributed by atoms with E-state index in [1.54, 1.807) is 0 Å². The number of alkyl halides is 1. The topological polar surface area (TPSA) is 18.5 Å². The molecule has 1 aliphatic rings. The van der Waals surface area contributed by atoms with E-state index >= 15 is 0 Å². The summed E-state index contributed by atoms with van der Waals surface area (Å²) in [6.07, 6.45) is -0.739. The van der Waals surface area contributed by atoms with Crippen molar-refractivity contribution >= 4 is 0 Å². The van der Waals surface area contributed by atoms with E-state index in [-0.39, 0.29) is 12.0 Å². The zero-order valence-electron chi connectivity index (χ0n) is 7.21. The third kappa shape index (κ3) is 1.54. The molecule has 66 valence electrons. The zero-order chi connectivity index (χ0) is 8.43. The Hall–Kier alpha value is -0.150. The lowest BCUT2D eigenvalue weighted by atomic mass is 10.0. The van der Waals surface area contributed by atoms with Crippen LogP contribution in [0.1, 0.15) is 20.3 Å². The molecule has 1 fully saturated rings. The number of methoxy groups -OCH3 is 1. The number of halogens is 1. The van der Waals surface area contributed by atoms with Crippen LogP contribution in [0, 0.1) is 5.92 Å². The molecule has 11 heavy (non-hydrogen) atoms. The summed E-state index contributed by atoms with van der Waals surface area (Å²) in [6, 6.07) is 0. The molecule has 2 nitrogen and oxygen atoms in total. The van der Waals surface area contributed by atoms with E-state index in [9.17, 15) is 4.39 Å². The molecule has 3 heteroatoms. The fourth-order valence-electron chi connectivity index (χ4n) is 1.48. The van der Waals surface area contributed by atoms with Gasteiger partial charge in [-0.25, -0.2) is 4.39 Å². The average Bonchev–Trinajstić information content (AvgIpc) is 2.30. The van der Waals surface area contributed by atoms with Crippen LogP contribution in [0.4, 0.5) is 4.39 Å². The second-order valence-electron chi connectivity index (χ2n) is 2.99. The quantitative estimate of drug-likeness (QED) is 0.615. The lowest BCUT2D eigenvalue weighted by molar-refractivity contribution is -0.135. The minimum atomic E-state index is -0.968. The van der Waals surface area contributed by atoms with Gasteiger partial charge in [0.2, 0.25) is 0 Å². The van der Waals surface area contributed by atoms with Crippen molar-refractivity contribution in [2.24, 2.45) is 5.92 Å². The van der Waals surface area contributed by atoms with E-state index in [1.807, 2.05) is 13.8 Å². The molecule has 0 radical (unpaired) electrons. The molecule has 1 aliphatic heterocycles. The Morgan fingerprint density at radius 3 is 2.45 bits per heavy atom. The van der Waals surface area contributed by atoms with Crippen molar-refractivity contribution in [3.8, 4) is 0 Å². The summed E-state index contributed by atoms with van der Waals surface area (Å²) in [6.45, 7) is 3.85. The Labute approximate surface area is 66.7 Å². The van der Waals surface area contributed by atoms with E-state index in [2.05, 4.69) is 0 Å². The van der Waals surface area contributed by atoms with Gasteiger partial charge in [0.05, 0.1) is 6.10 Å². The van der Waals surface area contributed by atoms with Crippen molar-refractivity contribution < 1.29 is 13.9 Å². The zero-order valence-corrected chi connectivity index (χ0v) is 7.21. The molecule has 0 N–H and O–H groups in total. The highest BCUT2D eigenvalue weighted by atomic mass is 19.1. The van der Waals surface area contributed by atoms with Crippen LogP contribution in [0.5, 0.6) is 0 Å². The van der Waals surface area contributed by atoms with Gasteiger partial charge in [-0.1, -0.05) is 13.8 Å². The minimum Gasteiger partial charge on any atom is -0.353 e. The highest BCUT2D eigenvalue weighted by Gasteiger charge is 2.41. The Morgan fingerprint density at radius 1 is 1.55 bits per heavy atom. The summed E-state index contributed by atoms with van der Waals surface area (Å²) >= 11 is 0. The number of ether oxygens (including phenoxy) is 2. The lowest BCUT2D eigenvalue weighted by Gasteiger charge is -2.10. The summed E-state index contributed by atoms with van der Waals surface area (Å²) in [5, 5.41) is 0. The monoisotopic (exact) mass is 162 g/mol. The van der Waals surface area contributed by atoms with Crippen LogP contribution in [-0.4, -0.2) is 25.7 Å². The van der Waals surface area contributed by atoms with E-state index in [1.165, 1.54) is 7.11 Å². The molecule has 1 saturated heterocycles. The molecule has 1 heterocycles. The van der Waals surface area contributed by atoms with Gasteiger partial charge in [-0.3, -0.25) is 0 Å². The summed E-state index contributed by atoms with van der Waals surface area (Å²) in [7, 11) is 1.47. The maximum absolute atomic E-state index is 13.2. The Morgan fingerprint density at radius 2 is 2.18 bits per heavy atom. The lowest BCUT2D eigenvalue weighted by Crippen LogP contribution is -2.22. The van der Waals surface area contributed by atoms with Crippen LogP contribution in [0.2, 0.25) is 0 Å². The van der Waals surface area contributed by atoms with Crippen LogP contribution in [0.3, 0.4) is 0 Å². The molecule has 4 atom stereocenters. The first-order chi connectivity index (χ1) is 5.20. The molecule has 0 saturated carbocycles. The molecular weight excluding hydrogens is 147 g/mol. The maximum Gasteiger partial charge on any atom is 0.189 e. The molecule has 0 aromatic heterocycles. The molecule has 1 rings (SSSR count). The van der Waals surface area contributed by atoms with Crippen molar-refractivity contribution in [1.29, 1.82) is 0 Å². The van der Waals surface area contributed by atoms with Gasteiger partial charge in [-0.2, -0.15) is 0 Å². The van der Waals surface area contributed by atoms with Gasteiger partial charge >= 0.3 is 0 Å². The molecular formula is C8H15FO2. The van der Waals surface area contributed by atoms with Crippen LogP contribution in [0.15, 0.2) is 0 Å². The fraction of sp³-hybridized carbons (Fsp3) is 1.00. The third-order valence-electron chi connectivity index (χ3n) is 2.29. The molecule has 0 bridgehead atoms. The van der Waals surface area contributed by atoms with Crippen LogP contribution < -0.4 is 0 Å². The summed E-state index contributed by atoms with van der Waals surface area (Å²) in [5.41, 5.74) is 0. The first kappa shape index (κ1) is 8.94. The predicted octanol–water partition coefficient (Wildman–Crippen LogP) is 1.74. The van der Waals surface area contributed by atoms with E-state index in [0.717, 1.165) is 6.42 Å². The second-order valence-corrected chi connectivity index (χ2v) is 2.99. The van der Waals surface area contributed by atoms with Crippen molar-refractivity contribution in [3.05, 3.63) is 0 Å². The molecule has 0 spiro atoms. The van der Waals surface area contributed by atoms with Gasteiger partial charge in [0.25, 0.3) is 0 Å². The molecule has 0 aliphatic carbocycles. The normalized spacial score (nSPS) is 44.7. The van der Waals surface area contributed by atoms with Gasteiger partial charge in [0, 0.05) is 13.0 Å². The summed E-state index contributed by atoms with van der Waals surface area (Å²) < 4.78 is 23.3. The molecule has 0 amide bonds.